The van der Waals surface area contributed by atoms with Crippen LogP contribution < -0.4 is 5.73 Å². The summed E-state index contributed by atoms with van der Waals surface area (Å²) in [6.45, 7) is 0.408. The second-order valence-electron chi connectivity index (χ2n) is 4.66. The zero-order valence-corrected chi connectivity index (χ0v) is 10.4. The fourth-order valence-corrected chi connectivity index (χ4v) is 2.50. The maximum absolute atomic E-state index is 12.3. The lowest BCUT2D eigenvalue weighted by molar-refractivity contribution is -0.143. The van der Waals surface area contributed by atoms with Gasteiger partial charge in [0.15, 0.2) is 17.0 Å². The fourth-order valence-electron chi connectivity index (χ4n) is 2.50. The first-order chi connectivity index (χ1) is 9.05. The van der Waals surface area contributed by atoms with Crippen molar-refractivity contribution in [3.05, 3.63) is 35.4 Å². The molecule has 0 amide bonds. The van der Waals surface area contributed by atoms with Gasteiger partial charge in [0.2, 0.25) is 0 Å². The summed E-state index contributed by atoms with van der Waals surface area (Å²) in [5.74, 6) is -2.56. The molecule has 5 heteroatoms. The highest BCUT2D eigenvalue weighted by Gasteiger charge is 2.58. The van der Waals surface area contributed by atoms with E-state index >= 15 is 0 Å². The van der Waals surface area contributed by atoms with Crippen LogP contribution in [-0.2, 0) is 4.79 Å². The molecule has 3 N–H and O–H groups in total. The first-order valence-corrected chi connectivity index (χ1v) is 6.18. The summed E-state index contributed by atoms with van der Waals surface area (Å²) in [4.78, 5) is 36.2. The van der Waals surface area contributed by atoms with Crippen LogP contribution in [0.1, 0.15) is 40.0 Å². The Bertz CT molecular complexity index is 515. The van der Waals surface area contributed by atoms with Gasteiger partial charge in [-0.25, -0.2) is 0 Å². The predicted molar refractivity (Wildman–Crippen MR) is 68.1 cm³/mol. The summed E-state index contributed by atoms with van der Waals surface area (Å²) in [7, 11) is 0. The Kier molecular flexibility index (Phi) is 3.48. The summed E-state index contributed by atoms with van der Waals surface area (Å²) < 4.78 is 0. The van der Waals surface area contributed by atoms with Gasteiger partial charge < -0.3 is 10.8 Å². The second-order valence-corrected chi connectivity index (χ2v) is 4.66. The predicted octanol–water partition coefficient (Wildman–Crippen LogP) is 1.27. The van der Waals surface area contributed by atoms with Crippen LogP contribution in [0, 0.1) is 5.41 Å². The molecule has 0 unspecified atom stereocenters. The molecule has 0 saturated carbocycles. The Balaban J connectivity index is 2.44. The number of unbranched alkanes of at least 4 members (excludes halogenated alkanes) is 1. The molecule has 1 aliphatic rings. The highest BCUT2D eigenvalue weighted by atomic mass is 16.4. The number of hydrogen-bond donors (Lipinski definition) is 2. The minimum Gasteiger partial charge on any atom is -0.480 e. The minimum atomic E-state index is -1.95. The van der Waals surface area contributed by atoms with Crippen molar-refractivity contribution in [2.24, 2.45) is 11.1 Å². The minimum absolute atomic E-state index is 0.00583. The van der Waals surface area contributed by atoms with Gasteiger partial charge in [-0.3, -0.25) is 14.4 Å². The number of nitrogens with two attached hydrogens (primary N) is 1. The van der Waals surface area contributed by atoms with E-state index in [4.69, 9.17) is 5.73 Å². The van der Waals surface area contributed by atoms with Gasteiger partial charge in [-0.2, -0.15) is 0 Å². The molecular weight excluding hydrogens is 246 g/mol. The number of aliphatic carboxylic acids is 1. The number of carbonyl (C=O) groups is 3. The molecule has 0 heterocycles. The summed E-state index contributed by atoms with van der Waals surface area (Å²) in [6, 6.07) is 6.26. The van der Waals surface area contributed by atoms with Crippen LogP contribution in [0.25, 0.3) is 0 Å². The summed E-state index contributed by atoms with van der Waals surface area (Å²) in [6.07, 6.45) is 1.03. The fraction of sp³-hybridized carbons (Fsp3) is 0.357. The molecule has 0 saturated heterocycles. The lowest BCUT2D eigenvalue weighted by Crippen LogP contribution is -2.41. The van der Waals surface area contributed by atoms with Gasteiger partial charge in [-0.05, 0) is 19.4 Å². The molecular formula is C14H15NO4. The smallest absolute Gasteiger partial charge is 0.325 e. The molecule has 0 radical (unpaired) electrons. The third kappa shape index (κ3) is 1.86. The largest absolute Gasteiger partial charge is 0.480 e. The Hall–Kier alpha value is -2.01. The highest BCUT2D eigenvalue weighted by Crippen LogP contribution is 2.40. The van der Waals surface area contributed by atoms with E-state index in [9.17, 15) is 19.5 Å². The highest BCUT2D eigenvalue weighted by molar-refractivity contribution is 6.38. The first kappa shape index (κ1) is 13.4. The normalized spacial score (nSPS) is 16.5. The standard InChI is InChI=1S/C14H15NO4/c15-8-4-3-7-14(13(18)19)11(16)9-5-1-2-6-10(9)12(14)17/h1-2,5-6H,3-4,7-8,15H2,(H,18,19). The van der Waals surface area contributed by atoms with E-state index in [0.29, 0.717) is 19.4 Å². The van der Waals surface area contributed by atoms with Crippen LogP contribution in [0.4, 0.5) is 0 Å². The third-order valence-electron chi connectivity index (χ3n) is 3.56. The van der Waals surface area contributed by atoms with E-state index in [1.54, 1.807) is 12.1 Å². The molecule has 0 spiro atoms. The van der Waals surface area contributed by atoms with Crippen molar-refractivity contribution in [2.75, 3.05) is 6.54 Å². The van der Waals surface area contributed by atoms with Crippen molar-refractivity contribution < 1.29 is 19.5 Å². The van der Waals surface area contributed by atoms with Gasteiger partial charge in [0, 0.05) is 11.1 Å². The van der Waals surface area contributed by atoms with Gasteiger partial charge in [-0.15, -0.1) is 0 Å². The van der Waals surface area contributed by atoms with Crippen LogP contribution in [0.3, 0.4) is 0 Å². The van der Waals surface area contributed by atoms with Crippen LogP contribution in [-0.4, -0.2) is 29.2 Å². The van der Waals surface area contributed by atoms with Crippen LogP contribution in [0.5, 0.6) is 0 Å². The molecule has 1 aliphatic carbocycles. The van der Waals surface area contributed by atoms with Crippen LogP contribution in [0.15, 0.2) is 24.3 Å². The summed E-state index contributed by atoms with van der Waals surface area (Å²) >= 11 is 0. The van der Waals surface area contributed by atoms with E-state index in [1.807, 2.05) is 0 Å². The number of carboxylic acid groups (broad SMARTS) is 1. The van der Waals surface area contributed by atoms with Crippen molar-refractivity contribution >= 4 is 17.5 Å². The molecule has 2 rings (SSSR count). The van der Waals surface area contributed by atoms with Gasteiger partial charge in [0.1, 0.15) is 0 Å². The molecule has 0 aliphatic heterocycles. The Morgan fingerprint density at radius 3 is 2.05 bits per heavy atom. The molecule has 5 nitrogen and oxygen atoms in total. The third-order valence-corrected chi connectivity index (χ3v) is 3.56. The van der Waals surface area contributed by atoms with Crippen molar-refractivity contribution in [1.82, 2.24) is 0 Å². The number of rotatable bonds is 5. The number of carbonyl (C=O) groups excluding carboxylic acids is 2. The van der Waals surface area contributed by atoms with E-state index in [2.05, 4.69) is 0 Å². The lowest BCUT2D eigenvalue weighted by atomic mass is 9.78. The number of ketones is 2. The van der Waals surface area contributed by atoms with Crippen molar-refractivity contribution in [2.45, 2.75) is 19.3 Å². The quantitative estimate of drug-likeness (QED) is 0.614. The molecule has 100 valence electrons. The van der Waals surface area contributed by atoms with Gasteiger partial charge in [0.05, 0.1) is 0 Å². The van der Waals surface area contributed by atoms with E-state index in [1.165, 1.54) is 12.1 Å². The lowest BCUT2D eigenvalue weighted by Gasteiger charge is -2.20. The molecule has 0 fully saturated rings. The molecule has 0 bridgehead atoms. The van der Waals surface area contributed by atoms with Gasteiger partial charge in [-0.1, -0.05) is 30.7 Å². The summed E-state index contributed by atoms with van der Waals surface area (Å²) in [5, 5.41) is 9.40. The Labute approximate surface area is 110 Å². The Morgan fingerprint density at radius 2 is 1.63 bits per heavy atom. The number of fused-ring (bicyclic) bond motifs is 1. The number of Topliss-reactive ketones (excluding diaryl/α,β-unsaturated/α-hetero) is 2. The SMILES string of the molecule is NCCCCC1(C(=O)O)C(=O)c2ccccc2C1=O. The van der Waals surface area contributed by atoms with Crippen LogP contribution >= 0.6 is 0 Å². The van der Waals surface area contributed by atoms with E-state index < -0.39 is 23.0 Å². The summed E-state index contributed by atoms with van der Waals surface area (Å²) in [5.41, 5.74) is 3.84. The average Bonchev–Trinajstić information content (AvgIpc) is 2.62. The van der Waals surface area contributed by atoms with Gasteiger partial charge >= 0.3 is 5.97 Å². The molecule has 1 aromatic rings. The maximum Gasteiger partial charge on any atom is 0.325 e. The maximum atomic E-state index is 12.3. The second kappa shape index (κ2) is 4.93. The molecule has 0 aromatic heterocycles. The number of benzene rings is 1. The molecule has 19 heavy (non-hydrogen) atoms. The van der Waals surface area contributed by atoms with Gasteiger partial charge in [0.25, 0.3) is 0 Å². The Morgan fingerprint density at radius 1 is 1.11 bits per heavy atom. The monoisotopic (exact) mass is 261 g/mol. The topological polar surface area (TPSA) is 97.5 Å². The zero-order valence-electron chi connectivity index (χ0n) is 10.4. The number of hydrogen-bond acceptors (Lipinski definition) is 4. The van der Waals surface area contributed by atoms with Crippen molar-refractivity contribution in [1.29, 1.82) is 0 Å². The average molecular weight is 261 g/mol. The number of carboxylic acids is 1. The van der Waals surface area contributed by atoms with Crippen LogP contribution in [0.2, 0.25) is 0 Å². The molecule has 0 atom stereocenters. The molecule has 1 aromatic carbocycles. The zero-order chi connectivity index (χ0) is 14.0. The first-order valence-electron chi connectivity index (χ1n) is 6.18. The van der Waals surface area contributed by atoms with E-state index in [0.717, 1.165) is 0 Å². The van der Waals surface area contributed by atoms with E-state index in [-0.39, 0.29) is 17.5 Å². The van der Waals surface area contributed by atoms with Crippen molar-refractivity contribution in [3.8, 4) is 0 Å². The van der Waals surface area contributed by atoms with Crippen molar-refractivity contribution in [3.63, 3.8) is 0 Å².